The van der Waals surface area contributed by atoms with Crippen molar-refractivity contribution in [2.45, 2.75) is 25.4 Å². The molecule has 14 heavy (non-hydrogen) atoms. The molecule has 0 bridgehead atoms. The first-order chi connectivity index (χ1) is 6.79. The van der Waals surface area contributed by atoms with Crippen LogP contribution < -0.4 is 10.2 Å². The van der Waals surface area contributed by atoms with Gasteiger partial charge in [-0.1, -0.05) is 11.5 Å². The van der Waals surface area contributed by atoms with Crippen LogP contribution in [0.1, 0.15) is 24.8 Å². The van der Waals surface area contributed by atoms with Crippen LogP contribution in [0.3, 0.4) is 0 Å². The number of hydrogen-bond acceptors (Lipinski definition) is 2. The maximum atomic E-state index is 8.76. The second kappa shape index (κ2) is 3.75. The summed E-state index contributed by atoms with van der Waals surface area (Å²) in [6.45, 7) is 0. The molecule has 0 spiro atoms. The molecule has 2 rings (SSSR count). The highest BCUT2D eigenvalue weighted by Gasteiger charge is 2.19. The van der Waals surface area contributed by atoms with E-state index in [4.69, 9.17) is 17.8 Å². The molecule has 0 saturated heterocycles. The van der Waals surface area contributed by atoms with Crippen LogP contribution in [-0.2, 0) is 0 Å². The molecule has 0 aliphatic heterocycles. The fraction of sp³-hybridized carbons (Fsp3) is 0.364. The number of nitriles is 1. The summed E-state index contributed by atoms with van der Waals surface area (Å²) in [5.41, 5.74) is 0.996. The lowest BCUT2D eigenvalue weighted by Crippen LogP contribution is -2.24. The van der Waals surface area contributed by atoms with Gasteiger partial charge in [-0.3, -0.25) is 0 Å². The number of rotatable bonds is 2. The third-order valence-corrected chi connectivity index (χ3v) is 2.50. The van der Waals surface area contributed by atoms with Crippen molar-refractivity contribution >= 4 is 13.3 Å². The van der Waals surface area contributed by atoms with Gasteiger partial charge in [0, 0.05) is 5.56 Å². The Hall–Kier alpha value is -1.43. The van der Waals surface area contributed by atoms with Crippen molar-refractivity contribution in [3.63, 3.8) is 0 Å². The Morgan fingerprint density at radius 2 is 2.21 bits per heavy atom. The topological polar surface area (TPSA) is 33.0 Å². The predicted molar refractivity (Wildman–Crippen MR) is 54.8 cm³/mol. The Balaban J connectivity index is 2.14. The average molecular weight is 183 g/mol. The van der Waals surface area contributed by atoms with Crippen LogP contribution in [0.5, 0.6) is 5.75 Å². The van der Waals surface area contributed by atoms with E-state index >= 15 is 0 Å². The van der Waals surface area contributed by atoms with Crippen molar-refractivity contribution in [3.05, 3.63) is 23.8 Å². The zero-order chi connectivity index (χ0) is 9.97. The molecule has 1 aromatic carbocycles. The molecule has 1 saturated carbocycles. The Bertz CT molecular complexity index is 379. The van der Waals surface area contributed by atoms with Gasteiger partial charge in [0.1, 0.15) is 13.6 Å². The van der Waals surface area contributed by atoms with E-state index in [1.165, 1.54) is 6.42 Å². The van der Waals surface area contributed by atoms with E-state index in [1.54, 1.807) is 12.1 Å². The highest BCUT2D eigenvalue weighted by molar-refractivity contribution is 6.33. The first kappa shape index (κ1) is 9.14. The van der Waals surface area contributed by atoms with Crippen molar-refractivity contribution in [3.8, 4) is 11.8 Å². The molecule has 1 aromatic rings. The SMILES string of the molecule is [B]c1ccc(OC2CCC2)cc1C#N. The first-order valence-electron chi connectivity index (χ1n) is 4.76. The molecule has 68 valence electrons. The second-order valence-electron chi connectivity index (χ2n) is 3.53. The summed E-state index contributed by atoms with van der Waals surface area (Å²) >= 11 is 0. The van der Waals surface area contributed by atoms with Gasteiger partial charge < -0.3 is 4.74 Å². The van der Waals surface area contributed by atoms with Gasteiger partial charge in [0.2, 0.25) is 0 Å². The summed E-state index contributed by atoms with van der Waals surface area (Å²) in [6, 6.07) is 7.27. The summed E-state index contributed by atoms with van der Waals surface area (Å²) in [6.07, 6.45) is 3.81. The van der Waals surface area contributed by atoms with Crippen molar-refractivity contribution in [2.75, 3.05) is 0 Å². The summed E-state index contributed by atoms with van der Waals surface area (Å²) in [5, 5.41) is 8.76. The van der Waals surface area contributed by atoms with Crippen molar-refractivity contribution < 1.29 is 4.74 Å². The maximum absolute atomic E-state index is 8.76. The Labute approximate surface area is 84.9 Å². The van der Waals surface area contributed by atoms with Crippen LogP contribution in [0, 0.1) is 11.3 Å². The van der Waals surface area contributed by atoms with E-state index in [9.17, 15) is 0 Å². The van der Waals surface area contributed by atoms with E-state index in [0.29, 0.717) is 17.1 Å². The Morgan fingerprint density at radius 3 is 2.79 bits per heavy atom. The molecule has 3 heteroatoms. The van der Waals surface area contributed by atoms with Crippen LogP contribution in [0.15, 0.2) is 18.2 Å². The quantitative estimate of drug-likeness (QED) is 0.647. The van der Waals surface area contributed by atoms with Gasteiger partial charge in [-0.2, -0.15) is 5.26 Å². The second-order valence-corrected chi connectivity index (χ2v) is 3.53. The lowest BCUT2D eigenvalue weighted by Gasteiger charge is -2.26. The highest BCUT2D eigenvalue weighted by atomic mass is 16.5. The molecule has 0 aromatic heterocycles. The van der Waals surface area contributed by atoms with E-state index < -0.39 is 0 Å². The predicted octanol–water partition coefficient (Wildman–Crippen LogP) is 1.28. The molecule has 0 amide bonds. The Kier molecular flexibility index (Phi) is 2.45. The molecular formula is C11H10BNO. The summed E-state index contributed by atoms with van der Waals surface area (Å²) < 4.78 is 5.64. The standard InChI is InChI=1S/C11H10BNO/c12-11-5-4-10(6-8(11)7-13)14-9-2-1-3-9/h4-6,9H,1-3H2. The molecule has 1 aliphatic rings. The maximum Gasteiger partial charge on any atom is 0.120 e. The summed E-state index contributed by atoms with van der Waals surface area (Å²) in [5.74, 6) is 0.750. The number of nitrogens with zero attached hydrogens (tertiary/aromatic N) is 1. The van der Waals surface area contributed by atoms with E-state index in [0.717, 1.165) is 18.6 Å². The third kappa shape index (κ3) is 1.74. The molecule has 2 nitrogen and oxygen atoms in total. The smallest absolute Gasteiger partial charge is 0.120 e. The van der Waals surface area contributed by atoms with Gasteiger partial charge in [-0.15, -0.1) is 0 Å². The number of benzene rings is 1. The molecule has 1 aliphatic carbocycles. The van der Waals surface area contributed by atoms with E-state index in [1.807, 2.05) is 12.1 Å². The van der Waals surface area contributed by atoms with Crippen molar-refractivity contribution in [2.24, 2.45) is 0 Å². The normalized spacial score (nSPS) is 15.6. The lowest BCUT2D eigenvalue weighted by molar-refractivity contribution is 0.120. The molecule has 0 N–H and O–H groups in total. The van der Waals surface area contributed by atoms with Gasteiger partial charge in [-0.05, 0) is 31.4 Å². The van der Waals surface area contributed by atoms with Gasteiger partial charge >= 0.3 is 0 Å². The van der Waals surface area contributed by atoms with E-state index in [2.05, 4.69) is 0 Å². The van der Waals surface area contributed by atoms with Crippen molar-refractivity contribution in [1.82, 2.24) is 0 Å². The lowest BCUT2D eigenvalue weighted by atomic mass is 9.91. The fourth-order valence-electron chi connectivity index (χ4n) is 1.39. The summed E-state index contributed by atoms with van der Waals surface area (Å²) in [4.78, 5) is 0. The van der Waals surface area contributed by atoms with Crippen LogP contribution in [0.4, 0.5) is 0 Å². The molecule has 2 radical (unpaired) electrons. The van der Waals surface area contributed by atoms with Crippen molar-refractivity contribution in [1.29, 1.82) is 5.26 Å². The molecule has 1 fully saturated rings. The highest BCUT2D eigenvalue weighted by Crippen LogP contribution is 2.24. The van der Waals surface area contributed by atoms with Crippen LogP contribution in [-0.4, -0.2) is 14.0 Å². The summed E-state index contributed by atoms with van der Waals surface area (Å²) in [7, 11) is 5.60. The molecular weight excluding hydrogens is 173 g/mol. The molecule has 0 unspecified atom stereocenters. The number of hydrogen-bond donors (Lipinski definition) is 0. The first-order valence-corrected chi connectivity index (χ1v) is 4.76. The monoisotopic (exact) mass is 183 g/mol. The third-order valence-electron chi connectivity index (χ3n) is 2.50. The minimum atomic E-state index is 0.338. The zero-order valence-corrected chi connectivity index (χ0v) is 7.86. The van der Waals surface area contributed by atoms with Gasteiger partial charge in [0.05, 0.1) is 12.2 Å². The van der Waals surface area contributed by atoms with Gasteiger partial charge in [-0.25, -0.2) is 0 Å². The van der Waals surface area contributed by atoms with Crippen LogP contribution in [0.25, 0.3) is 0 Å². The van der Waals surface area contributed by atoms with Crippen LogP contribution in [0.2, 0.25) is 0 Å². The fourth-order valence-corrected chi connectivity index (χ4v) is 1.39. The zero-order valence-electron chi connectivity index (χ0n) is 7.86. The number of ether oxygens (including phenoxy) is 1. The minimum Gasteiger partial charge on any atom is -0.490 e. The largest absolute Gasteiger partial charge is 0.490 e. The van der Waals surface area contributed by atoms with Crippen LogP contribution >= 0.6 is 0 Å². The molecule has 0 atom stereocenters. The minimum absolute atomic E-state index is 0.338. The van der Waals surface area contributed by atoms with Gasteiger partial charge in [0.15, 0.2) is 0 Å². The molecule has 0 heterocycles. The Morgan fingerprint density at radius 1 is 1.43 bits per heavy atom. The van der Waals surface area contributed by atoms with E-state index in [-0.39, 0.29) is 0 Å². The average Bonchev–Trinajstić information content (AvgIpc) is 2.14. The van der Waals surface area contributed by atoms with Gasteiger partial charge in [0.25, 0.3) is 0 Å².